The maximum absolute atomic E-state index is 12.5. The van der Waals surface area contributed by atoms with Crippen molar-refractivity contribution in [3.05, 3.63) is 42.2 Å². The molecule has 0 spiro atoms. The number of likely N-dealkylation sites (tertiary alicyclic amines) is 1. The molecule has 0 aliphatic carbocycles. The van der Waals surface area contributed by atoms with Gasteiger partial charge in [-0.3, -0.25) is 0 Å². The van der Waals surface area contributed by atoms with Crippen molar-refractivity contribution < 1.29 is 4.79 Å². The van der Waals surface area contributed by atoms with E-state index >= 15 is 0 Å². The second-order valence-electron chi connectivity index (χ2n) is 7.38. The summed E-state index contributed by atoms with van der Waals surface area (Å²) in [7, 11) is 1.78. The molecule has 0 radical (unpaired) electrons. The Kier molecular flexibility index (Phi) is 4.81. The summed E-state index contributed by atoms with van der Waals surface area (Å²) >= 11 is 0. The van der Waals surface area contributed by atoms with E-state index in [-0.39, 0.29) is 6.03 Å². The smallest absolute Gasteiger partial charge is 0.321 e. The standard InChI is InChI=1S/C21H24N6O/c1-13-6-7-27(12-13)21(28)25-17-5-4-14(2)18(9-17)15-8-16-11-24-20(22-3)26-19(16)23-10-15/h4-5,8-11,13H,6-7,12H2,1-3H3,(H,25,28)(H,22,23,24,26)/t13-/m1/s1. The first-order valence-electron chi connectivity index (χ1n) is 9.51. The third-order valence-electron chi connectivity index (χ3n) is 5.17. The summed E-state index contributed by atoms with van der Waals surface area (Å²) < 4.78 is 0. The zero-order valence-corrected chi connectivity index (χ0v) is 16.4. The number of carbonyl (C=O) groups excluding carboxylic acids is 1. The molecule has 1 atom stereocenters. The molecule has 0 saturated carbocycles. The minimum Gasteiger partial charge on any atom is -0.357 e. The predicted molar refractivity (Wildman–Crippen MR) is 111 cm³/mol. The average molecular weight is 376 g/mol. The normalized spacial score (nSPS) is 16.4. The highest BCUT2D eigenvalue weighted by molar-refractivity contribution is 5.91. The Morgan fingerprint density at radius 3 is 2.82 bits per heavy atom. The van der Waals surface area contributed by atoms with Gasteiger partial charge in [-0.2, -0.15) is 4.98 Å². The molecule has 144 valence electrons. The van der Waals surface area contributed by atoms with Crippen molar-refractivity contribution in [3.63, 3.8) is 0 Å². The number of carbonyl (C=O) groups is 1. The maximum atomic E-state index is 12.5. The molecule has 4 rings (SSSR count). The number of hydrogen-bond acceptors (Lipinski definition) is 5. The Morgan fingerprint density at radius 2 is 2.07 bits per heavy atom. The quantitative estimate of drug-likeness (QED) is 0.724. The average Bonchev–Trinajstić information content (AvgIpc) is 3.15. The molecule has 0 bridgehead atoms. The van der Waals surface area contributed by atoms with E-state index in [1.54, 1.807) is 13.2 Å². The molecule has 7 nitrogen and oxygen atoms in total. The number of aromatic nitrogens is 3. The Bertz CT molecular complexity index is 1030. The van der Waals surface area contributed by atoms with Gasteiger partial charge in [-0.05, 0) is 48.6 Å². The summed E-state index contributed by atoms with van der Waals surface area (Å²) in [6.45, 7) is 5.85. The van der Waals surface area contributed by atoms with Crippen LogP contribution in [0.25, 0.3) is 22.2 Å². The van der Waals surface area contributed by atoms with Gasteiger partial charge in [0, 0.05) is 49.2 Å². The lowest BCUT2D eigenvalue weighted by atomic mass is 10.0. The van der Waals surface area contributed by atoms with E-state index in [0.717, 1.165) is 47.3 Å². The molecular formula is C21H24N6O. The molecule has 2 aromatic heterocycles. The molecule has 1 aliphatic heterocycles. The number of benzene rings is 1. The summed E-state index contributed by atoms with van der Waals surface area (Å²) in [5, 5.41) is 6.82. The van der Waals surface area contributed by atoms with Crippen LogP contribution in [0.3, 0.4) is 0 Å². The highest BCUT2D eigenvalue weighted by Gasteiger charge is 2.23. The van der Waals surface area contributed by atoms with E-state index in [1.807, 2.05) is 42.3 Å². The van der Waals surface area contributed by atoms with E-state index < -0.39 is 0 Å². The van der Waals surface area contributed by atoms with E-state index in [4.69, 9.17) is 0 Å². The minimum absolute atomic E-state index is 0.0382. The summed E-state index contributed by atoms with van der Waals surface area (Å²) in [4.78, 5) is 27.5. The van der Waals surface area contributed by atoms with E-state index in [9.17, 15) is 4.79 Å². The number of hydrogen-bond donors (Lipinski definition) is 2. The first-order chi connectivity index (χ1) is 13.5. The van der Waals surface area contributed by atoms with Gasteiger partial charge in [-0.25, -0.2) is 14.8 Å². The first kappa shape index (κ1) is 18.2. The summed E-state index contributed by atoms with van der Waals surface area (Å²) in [5.74, 6) is 1.11. The number of urea groups is 1. The SMILES string of the molecule is CNc1ncc2cc(-c3cc(NC(=O)N4CC[C@@H](C)C4)ccc3C)cnc2n1. The molecule has 2 amide bonds. The van der Waals surface area contributed by atoms with Crippen LogP contribution in [0, 0.1) is 12.8 Å². The van der Waals surface area contributed by atoms with Crippen LogP contribution in [0.1, 0.15) is 18.9 Å². The monoisotopic (exact) mass is 376 g/mol. The van der Waals surface area contributed by atoms with E-state index in [1.165, 1.54) is 0 Å². The molecule has 0 unspecified atom stereocenters. The van der Waals surface area contributed by atoms with Gasteiger partial charge in [0.25, 0.3) is 0 Å². The van der Waals surface area contributed by atoms with Crippen molar-refractivity contribution in [3.8, 4) is 11.1 Å². The van der Waals surface area contributed by atoms with Crippen LogP contribution in [0.15, 0.2) is 36.7 Å². The van der Waals surface area contributed by atoms with Crippen molar-refractivity contribution >= 4 is 28.7 Å². The number of nitrogens with zero attached hydrogens (tertiary/aromatic N) is 4. The van der Waals surface area contributed by atoms with Gasteiger partial charge < -0.3 is 15.5 Å². The Hall–Kier alpha value is -3.22. The molecule has 1 aliphatic rings. The van der Waals surface area contributed by atoms with Crippen molar-refractivity contribution in [1.82, 2.24) is 19.9 Å². The lowest BCUT2D eigenvalue weighted by Gasteiger charge is -2.17. The van der Waals surface area contributed by atoms with Crippen molar-refractivity contribution in [1.29, 1.82) is 0 Å². The topological polar surface area (TPSA) is 83.0 Å². The number of fused-ring (bicyclic) bond motifs is 1. The van der Waals surface area contributed by atoms with Gasteiger partial charge in [0.1, 0.15) is 0 Å². The second kappa shape index (κ2) is 7.42. The number of anilines is 2. The lowest BCUT2D eigenvalue weighted by molar-refractivity contribution is 0.221. The fourth-order valence-corrected chi connectivity index (χ4v) is 3.52. The highest BCUT2D eigenvalue weighted by atomic mass is 16.2. The molecular weight excluding hydrogens is 352 g/mol. The van der Waals surface area contributed by atoms with E-state index in [2.05, 4.69) is 32.5 Å². The third kappa shape index (κ3) is 3.60. The number of rotatable bonds is 3. The van der Waals surface area contributed by atoms with Crippen molar-refractivity contribution in [2.75, 3.05) is 30.8 Å². The van der Waals surface area contributed by atoms with Crippen LogP contribution in [0.5, 0.6) is 0 Å². The molecule has 7 heteroatoms. The largest absolute Gasteiger partial charge is 0.357 e. The molecule has 1 fully saturated rings. The van der Waals surface area contributed by atoms with Gasteiger partial charge in [0.05, 0.1) is 0 Å². The molecule has 1 aromatic carbocycles. The minimum atomic E-state index is -0.0382. The fraction of sp³-hybridized carbons (Fsp3) is 0.333. The van der Waals surface area contributed by atoms with Gasteiger partial charge in [-0.15, -0.1) is 0 Å². The van der Waals surface area contributed by atoms with Crippen molar-refractivity contribution in [2.24, 2.45) is 5.92 Å². The summed E-state index contributed by atoms with van der Waals surface area (Å²) in [5.41, 5.74) is 4.54. The fourth-order valence-electron chi connectivity index (χ4n) is 3.52. The third-order valence-corrected chi connectivity index (χ3v) is 5.17. The van der Waals surface area contributed by atoms with E-state index in [0.29, 0.717) is 17.5 Å². The van der Waals surface area contributed by atoms with Crippen molar-refractivity contribution in [2.45, 2.75) is 20.3 Å². The summed E-state index contributed by atoms with van der Waals surface area (Å²) in [6, 6.07) is 7.94. The van der Waals surface area contributed by atoms with Gasteiger partial charge in [0.2, 0.25) is 5.95 Å². The zero-order valence-electron chi connectivity index (χ0n) is 16.4. The molecule has 3 heterocycles. The highest BCUT2D eigenvalue weighted by Crippen LogP contribution is 2.28. The molecule has 2 N–H and O–H groups in total. The number of nitrogens with one attached hydrogen (secondary N) is 2. The van der Waals surface area contributed by atoms with Crippen LogP contribution in [-0.2, 0) is 0 Å². The second-order valence-corrected chi connectivity index (χ2v) is 7.38. The van der Waals surface area contributed by atoms with Crippen LogP contribution in [-0.4, -0.2) is 46.0 Å². The van der Waals surface area contributed by atoms with Crippen LogP contribution in [0.4, 0.5) is 16.4 Å². The van der Waals surface area contributed by atoms with Crippen LogP contribution in [0.2, 0.25) is 0 Å². The zero-order chi connectivity index (χ0) is 19.7. The summed E-state index contributed by atoms with van der Waals surface area (Å²) in [6.07, 6.45) is 4.64. The molecule has 1 saturated heterocycles. The Morgan fingerprint density at radius 1 is 1.21 bits per heavy atom. The van der Waals surface area contributed by atoms with Crippen LogP contribution >= 0.6 is 0 Å². The predicted octanol–water partition coefficient (Wildman–Crippen LogP) is 3.92. The Balaban J connectivity index is 1.61. The number of amides is 2. The van der Waals surface area contributed by atoms with Gasteiger partial charge >= 0.3 is 6.03 Å². The number of pyridine rings is 1. The molecule has 28 heavy (non-hydrogen) atoms. The first-order valence-corrected chi connectivity index (χ1v) is 9.51. The van der Waals surface area contributed by atoms with Gasteiger partial charge in [-0.1, -0.05) is 13.0 Å². The number of aryl methyl sites for hydroxylation is 1. The van der Waals surface area contributed by atoms with Crippen LogP contribution < -0.4 is 10.6 Å². The lowest BCUT2D eigenvalue weighted by Crippen LogP contribution is -2.32. The van der Waals surface area contributed by atoms with Gasteiger partial charge in [0.15, 0.2) is 5.65 Å². The Labute approximate surface area is 164 Å². The molecule has 3 aromatic rings. The maximum Gasteiger partial charge on any atom is 0.321 e.